The summed E-state index contributed by atoms with van der Waals surface area (Å²) in [6.45, 7) is 10.6. The highest BCUT2D eigenvalue weighted by molar-refractivity contribution is 5.98. The van der Waals surface area contributed by atoms with Crippen LogP contribution in [0.1, 0.15) is 50.7 Å². The summed E-state index contributed by atoms with van der Waals surface area (Å²) in [4.78, 5) is 42.7. The topological polar surface area (TPSA) is 118 Å². The van der Waals surface area contributed by atoms with Crippen molar-refractivity contribution in [1.29, 1.82) is 0 Å². The molecular weight excluding hydrogens is 465 g/mol. The number of ether oxygens (including phenoxy) is 1. The number of pyridine rings is 1. The molecule has 0 unspecified atom stereocenters. The van der Waals surface area contributed by atoms with Crippen LogP contribution in [0.25, 0.3) is 0 Å². The zero-order valence-corrected chi connectivity index (χ0v) is 20.9. The van der Waals surface area contributed by atoms with Gasteiger partial charge in [-0.3, -0.25) is 14.5 Å². The van der Waals surface area contributed by atoms with Crippen LogP contribution < -0.4 is 15.8 Å². The van der Waals surface area contributed by atoms with Crippen LogP contribution in [-0.4, -0.2) is 71.1 Å². The Hall–Kier alpha value is -3.92. The van der Waals surface area contributed by atoms with Gasteiger partial charge in [-0.05, 0) is 42.7 Å². The lowest BCUT2D eigenvalue weighted by Crippen LogP contribution is -2.47. The maximum atomic E-state index is 14.5. The zero-order chi connectivity index (χ0) is 26.6. The predicted molar refractivity (Wildman–Crippen MR) is 133 cm³/mol. The number of carbonyl (C=O) groups is 3. The molecule has 1 aliphatic heterocycles. The number of aromatic nitrogens is 1. The quantitative estimate of drug-likeness (QED) is 0.426. The molecule has 1 aromatic carbocycles. The number of nitrogens with zero attached hydrogens (tertiary/aromatic N) is 3. The second kappa shape index (κ2) is 11.2. The monoisotopic (exact) mass is 496 g/mol. The van der Waals surface area contributed by atoms with Gasteiger partial charge in [0.15, 0.2) is 23.7 Å². The van der Waals surface area contributed by atoms with Gasteiger partial charge in [-0.25, -0.2) is 14.2 Å². The van der Waals surface area contributed by atoms with Gasteiger partial charge in [0.2, 0.25) is 0 Å². The lowest BCUT2D eigenvalue weighted by molar-refractivity contribution is -0.451. The first-order valence-corrected chi connectivity index (χ1v) is 11.5. The lowest BCUT2D eigenvalue weighted by atomic mass is 10.0. The summed E-state index contributed by atoms with van der Waals surface area (Å²) in [5, 5.41) is 2.49. The number of carbonyl (C=O) groups excluding carboxylic acids is 3. The molecule has 0 bridgehead atoms. The summed E-state index contributed by atoms with van der Waals surface area (Å²) in [6.07, 6.45) is 0.601. The molecule has 10 heteroatoms. The Kier molecular flexibility index (Phi) is 8.31. The zero-order valence-electron chi connectivity index (χ0n) is 20.9. The van der Waals surface area contributed by atoms with Crippen molar-refractivity contribution in [2.75, 3.05) is 33.2 Å². The summed E-state index contributed by atoms with van der Waals surface area (Å²) >= 11 is 0. The first-order valence-electron chi connectivity index (χ1n) is 11.5. The van der Waals surface area contributed by atoms with E-state index in [0.717, 1.165) is 5.71 Å². The van der Waals surface area contributed by atoms with Crippen molar-refractivity contribution >= 4 is 23.4 Å². The van der Waals surface area contributed by atoms with Gasteiger partial charge in [0.1, 0.15) is 17.6 Å². The van der Waals surface area contributed by atoms with Crippen molar-refractivity contribution < 1.29 is 28.1 Å². The van der Waals surface area contributed by atoms with Gasteiger partial charge in [0, 0.05) is 26.6 Å². The number of hydrogen-bond donors (Lipinski definition) is 2. The van der Waals surface area contributed by atoms with Gasteiger partial charge < -0.3 is 15.8 Å². The highest BCUT2D eigenvalue weighted by atomic mass is 19.1. The second-order valence-electron chi connectivity index (χ2n) is 8.72. The third kappa shape index (κ3) is 5.83. The normalized spacial score (nSPS) is 14.8. The van der Waals surface area contributed by atoms with Gasteiger partial charge in [-0.15, -0.1) is 0 Å². The second-order valence-corrected chi connectivity index (χ2v) is 8.72. The van der Waals surface area contributed by atoms with Gasteiger partial charge in [-0.2, -0.15) is 4.58 Å². The molecule has 3 rings (SSSR count). The summed E-state index contributed by atoms with van der Waals surface area (Å²) < 4.78 is 22.5. The third-order valence-corrected chi connectivity index (χ3v) is 6.11. The van der Waals surface area contributed by atoms with Crippen molar-refractivity contribution in [2.24, 2.45) is 5.73 Å². The van der Waals surface area contributed by atoms with Crippen LogP contribution in [-0.2, 0) is 4.79 Å². The van der Waals surface area contributed by atoms with Crippen LogP contribution in [0.2, 0.25) is 0 Å². The summed E-state index contributed by atoms with van der Waals surface area (Å²) in [6, 6.07) is 6.38. The van der Waals surface area contributed by atoms with Crippen LogP contribution in [0, 0.1) is 19.7 Å². The molecule has 9 nitrogen and oxygen atoms in total. The van der Waals surface area contributed by atoms with E-state index in [4.69, 9.17) is 10.5 Å². The van der Waals surface area contributed by atoms with Gasteiger partial charge >= 0.3 is 5.91 Å². The first-order chi connectivity index (χ1) is 17.0. The van der Waals surface area contributed by atoms with Crippen LogP contribution in [0.3, 0.4) is 0 Å². The number of nitrogens with one attached hydrogen (secondary N) is 1. The van der Waals surface area contributed by atoms with E-state index < -0.39 is 17.9 Å². The van der Waals surface area contributed by atoms with Gasteiger partial charge in [0.05, 0.1) is 13.1 Å². The Morgan fingerprint density at radius 1 is 1.25 bits per heavy atom. The maximum Gasteiger partial charge on any atom is 0.411 e. The molecule has 3 amide bonds. The summed E-state index contributed by atoms with van der Waals surface area (Å²) in [5.74, 6) is -1.72. The molecule has 1 atom stereocenters. The van der Waals surface area contributed by atoms with Crippen molar-refractivity contribution in [3.8, 4) is 5.75 Å². The van der Waals surface area contributed by atoms with E-state index in [1.807, 2.05) is 6.92 Å². The minimum Gasteiger partial charge on any atom is -0.482 e. The molecule has 0 radical (unpaired) electrons. The highest BCUT2D eigenvalue weighted by Gasteiger charge is 2.30. The number of primary amides is 1. The van der Waals surface area contributed by atoms with Crippen LogP contribution in [0.4, 0.5) is 4.39 Å². The Labute approximate surface area is 209 Å². The molecule has 3 N–H and O–H groups in total. The highest BCUT2D eigenvalue weighted by Crippen LogP contribution is 2.29. The Morgan fingerprint density at radius 2 is 1.97 bits per heavy atom. The van der Waals surface area contributed by atoms with E-state index in [9.17, 15) is 18.8 Å². The van der Waals surface area contributed by atoms with E-state index in [-0.39, 0.29) is 28.9 Å². The maximum absolute atomic E-state index is 14.5. The van der Waals surface area contributed by atoms with E-state index in [2.05, 4.69) is 21.8 Å². The van der Waals surface area contributed by atoms with Crippen molar-refractivity contribution in [3.63, 3.8) is 0 Å². The van der Waals surface area contributed by atoms with Crippen LogP contribution in [0.5, 0.6) is 5.75 Å². The molecule has 0 fully saturated rings. The molecule has 2 heterocycles. The molecule has 190 valence electrons. The van der Waals surface area contributed by atoms with Gasteiger partial charge in [-0.1, -0.05) is 18.7 Å². The number of benzene rings is 1. The fraction of sp³-hybridized carbons (Fsp3) is 0.346. The Bertz CT molecular complexity index is 1260. The molecule has 36 heavy (non-hydrogen) atoms. The van der Waals surface area contributed by atoms with Crippen molar-refractivity contribution in [2.45, 2.75) is 26.9 Å². The molecule has 0 saturated heterocycles. The molecule has 0 aliphatic carbocycles. The van der Waals surface area contributed by atoms with E-state index in [1.54, 1.807) is 30.6 Å². The van der Waals surface area contributed by atoms with E-state index in [1.165, 1.54) is 25.3 Å². The van der Waals surface area contributed by atoms with E-state index >= 15 is 0 Å². The number of halogens is 1. The molecule has 0 spiro atoms. The number of rotatable bonds is 8. The summed E-state index contributed by atoms with van der Waals surface area (Å²) in [7, 11) is 1.44. The summed E-state index contributed by atoms with van der Waals surface area (Å²) in [5.41, 5.74) is 7.65. The SMILES string of the molecule is C=CC(=O)[N+]1=C(C)CN(C[C@@H](Oc2cc(C)c(C(N)=O)nc2C(=O)NC)c2ccc(C)c(F)c2)CC1. The number of nitrogens with two attached hydrogens (primary N) is 1. The molecular formula is C26H31FN5O4+. The number of aryl methyl sites for hydroxylation is 2. The molecule has 1 aromatic heterocycles. The number of amides is 3. The fourth-order valence-electron chi connectivity index (χ4n) is 4.10. The van der Waals surface area contributed by atoms with Crippen molar-refractivity contribution in [3.05, 3.63) is 70.8 Å². The predicted octanol–water partition coefficient (Wildman–Crippen LogP) is 1.92. The first kappa shape index (κ1) is 26.7. The fourth-order valence-corrected chi connectivity index (χ4v) is 4.10. The standard InChI is InChI=1S/C26H30FN5O4/c1-6-22(33)32-10-9-31(13-17(32)4)14-21(18-8-7-15(2)19(27)12-18)36-20-11-16(3)23(25(28)34)30-24(20)26(35)29-5/h6-8,11-12,21H,1,9-10,13-14H2,2-5H3,(H2-,28,29,34,35)/p+1/t21-/m1/s1. The number of hydrogen-bond acceptors (Lipinski definition) is 6. The smallest absolute Gasteiger partial charge is 0.411 e. The average molecular weight is 497 g/mol. The third-order valence-electron chi connectivity index (χ3n) is 6.11. The lowest BCUT2D eigenvalue weighted by Gasteiger charge is -2.30. The minimum absolute atomic E-state index is 0.0351. The van der Waals surface area contributed by atoms with Crippen LogP contribution >= 0.6 is 0 Å². The van der Waals surface area contributed by atoms with Crippen LogP contribution in [0.15, 0.2) is 36.9 Å². The minimum atomic E-state index is -0.765. The van der Waals surface area contributed by atoms with E-state index in [0.29, 0.717) is 42.9 Å². The largest absolute Gasteiger partial charge is 0.482 e. The Balaban J connectivity index is 2.01. The average Bonchev–Trinajstić information content (AvgIpc) is 2.84. The molecule has 2 aromatic rings. The molecule has 0 saturated carbocycles. The van der Waals surface area contributed by atoms with Crippen molar-refractivity contribution in [1.82, 2.24) is 15.2 Å². The van der Waals surface area contributed by atoms with Gasteiger partial charge in [0.25, 0.3) is 11.8 Å². The molecule has 1 aliphatic rings. The Morgan fingerprint density at radius 3 is 2.56 bits per heavy atom.